The van der Waals surface area contributed by atoms with Crippen molar-refractivity contribution >= 4 is 17.2 Å². The third-order valence-corrected chi connectivity index (χ3v) is 6.36. The molecule has 0 unspecified atom stereocenters. The summed E-state index contributed by atoms with van der Waals surface area (Å²) in [7, 11) is 0. The van der Waals surface area contributed by atoms with Crippen LogP contribution in [0.2, 0.25) is 0 Å². The first-order chi connectivity index (χ1) is 15.2. The number of nitrogens with zero attached hydrogens (tertiary/aromatic N) is 2. The minimum absolute atomic E-state index is 0.101. The van der Waals surface area contributed by atoms with E-state index in [-0.39, 0.29) is 5.91 Å². The number of hydrogen-bond donors (Lipinski definition) is 1. The van der Waals surface area contributed by atoms with Crippen LogP contribution in [0.25, 0.3) is 10.6 Å². The van der Waals surface area contributed by atoms with E-state index in [9.17, 15) is 4.79 Å². The Bertz CT molecular complexity index is 1000. The van der Waals surface area contributed by atoms with Crippen molar-refractivity contribution in [3.8, 4) is 16.3 Å². The molecule has 2 aromatic carbocycles. The van der Waals surface area contributed by atoms with Crippen molar-refractivity contribution in [2.45, 2.75) is 13.5 Å². The zero-order valence-electron chi connectivity index (χ0n) is 17.7. The Morgan fingerprint density at radius 1 is 1.16 bits per heavy atom. The van der Waals surface area contributed by atoms with Crippen LogP contribution in [0.15, 0.2) is 54.6 Å². The van der Waals surface area contributed by atoms with Gasteiger partial charge in [-0.05, 0) is 24.6 Å². The molecule has 3 aromatic rings. The zero-order valence-corrected chi connectivity index (χ0v) is 18.5. The minimum atomic E-state index is -0.101. The van der Waals surface area contributed by atoms with Gasteiger partial charge in [-0.3, -0.25) is 9.69 Å². The molecule has 1 amide bonds. The van der Waals surface area contributed by atoms with Crippen LogP contribution >= 0.6 is 11.3 Å². The third-order valence-electron chi connectivity index (χ3n) is 5.16. The lowest BCUT2D eigenvalue weighted by atomic mass is 10.2. The monoisotopic (exact) mass is 437 g/mol. The van der Waals surface area contributed by atoms with Crippen molar-refractivity contribution < 1.29 is 14.3 Å². The Morgan fingerprint density at radius 3 is 2.77 bits per heavy atom. The van der Waals surface area contributed by atoms with Crippen molar-refractivity contribution in [3.05, 3.63) is 70.7 Å². The predicted octanol–water partition coefficient (Wildman–Crippen LogP) is 3.76. The van der Waals surface area contributed by atoms with E-state index in [0.717, 1.165) is 60.4 Å². The van der Waals surface area contributed by atoms with Crippen molar-refractivity contribution in [2.75, 3.05) is 39.5 Å². The topological polar surface area (TPSA) is 63.7 Å². The van der Waals surface area contributed by atoms with Crippen LogP contribution in [0.1, 0.15) is 20.9 Å². The molecule has 2 heterocycles. The third kappa shape index (κ3) is 5.91. The first-order valence-corrected chi connectivity index (χ1v) is 11.3. The number of carbonyl (C=O) groups is 1. The number of hydrogen-bond acceptors (Lipinski definition) is 6. The van der Waals surface area contributed by atoms with Crippen LogP contribution in [-0.4, -0.2) is 55.2 Å². The van der Waals surface area contributed by atoms with Gasteiger partial charge in [0, 0.05) is 31.7 Å². The standard InChI is InChI=1S/C24H27N3O3S/c1-18-22(31-24(26-18)20-7-3-2-4-8-20)23(28)25-17-19-6-5-9-21(16-19)30-15-12-27-10-13-29-14-11-27/h2-9,16H,10-15,17H2,1H3,(H,25,28). The van der Waals surface area contributed by atoms with Gasteiger partial charge in [-0.2, -0.15) is 0 Å². The van der Waals surface area contributed by atoms with Gasteiger partial charge in [0.2, 0.25) is 0 Å². The largest absolute Gasteiger partial charge is 0.492 e. The molecule has 0 aliphatic carbocycles. The molecule has 1 aromatic heterocycles. The number of aromatic nitrogens is 1. The summed E-state index contributed by atoms with van der Waals surface area (Å²) in [6.45, 7) is 7.34. The van der Waals surface area contributed by atoms with Gasteiger partial charge in [0.25, 0.3) is 5.91 Å². The fraction of sp³-hybridized carbons (Fsp3) is 0.333. The number of morpholine rings is 1. The summed E-state index contributed by atoms with van der Waals surface area (Å²) < 4.78 is 11.3. The first kappa shape index (κ1) is 21.5. The maximum atomic E-state index is 12.7. The number of benzene rings is 2. The highest BCUT2D eigenvalue weighted by molar-refractivity contribution is 7.17. The average Bonchev–Trinajstić information content (AvgIpc) is 3.21. The molecule has 1 saturated heterocycles. The fourth-order valence-electron chi connectivity index (χ4n) is 3.44. The molecule has 0 bridgehead atoms. The van der Waals surface area contributed by atoms with Crippen molar-refractivity contribution in [3.63, 3.8) is 0 Å². The molecule has 0 spiro atoms. The highest BCUT2D eigenvalue weighted by Gasteiger charge is 2.16. The lowest BCUT2D eigenvalue weighted by Crippen LogP contribution is -2.38. The molecular formula is C24H27N3O3S. The second-order valence-corrected chi connectivity index (χ2v) is 8.43. The molecule has 0 radical (unpaired) electrons. The highest BCUT2D eigenvalue weighted by atomic mass is 32.1. The van der Waals surface area contributed by atoms with Gasteiger partial charge in [-0.25, -0.2) is 4.98 Å². The van der Waals surface area contributed by atoms with Crippen molar-refractivity contribution in [1.29, 1.82) is 0 Å². The molecule has 1 aliphatic heterocycles. The Morgan fingerprint density at radius 2 is 1.97 bits per heavy atom. The quantitative estimate of drug-likeness (QED) is 0.581. The summed E-state index contributed by atoms with van der Waals surface area (Å²) in [5, 5.41) is 3.87. The molecule has 1 N–H and O–H groups in total. The van der Waals surface area contributed by atoms with Crippen molar-refractivity contribution in [1.82, 2.24) is 15.2 Å². The van der Waals surface area contributed by atoms with Gasteiger partial charge in [0.15, 0.2) is 0 Å². The molecular weight excluding hydrogens is 410 g/mol. The molecule has 1 fully saturated rings. The van der Waals surface area contributed by atoms with E-state index in [1.807, 2.05) is 61.5 Å². The lowest BCUT2D eigenvalue weighted by molar-refractivity contribution is 0.0322. The maximum absolute atomic E-state index is 12.7. The molecule has 0 atom stereocenters. The Kier molecular flexibility index (Phi) is 7.30. The number of carbonyl (C=O) groups excluding carboxylic acids is 1. The van der Waals surface area contributed by atoms with Crippen LogP contribution in [0, 0.1) is 6.92 Å². The predicted molar refractivity (Wildman–Crippen MR) is 123 cm³/mol. The number of aryl methyl sites for hydroxylation is 1. The Balaban J connectivity index is 1.30. The average molecular weight is 438 g/mol. The second-order valence-electron chi connectivity index (χ2n) is 7.43. The molecule has 6 nitrogen and oxygen atoms in total. The molecule has 7 heteroatoms. The van der Waals surface area contributed by atoms with E-state index < -0.39 is 0 Å². The summed E-state index contributed by atoms with van der Waals surface area (Å²) >= 11 is 1.42. The molecule has 4 rings (SSSR count). The summed E-state index contributed by atoms with van der Waals surface area (Å²) in [4.78, 5) is 20.3. The highest BCUT2D eigenvalue weighted by Crippen LogP contribution is 2.27. The van der Waals surface area contributed by atoms with Gasteiger partial charge in [-0.1, -0.05) is 42.5 Å². The fourth-order valence-corrected chi connectivity index (χ4v) is 4.42. The number of thiazole rings is 1. The van der Waals surface area contributed by atoms with E-state index in [4.69, 9.17) is 9.47 Å². The zero-order chi connectivity index (χ0) is 21.5. The number of amides is 1. The van der Waals surface area contributed by atoms with Crippen LogP contribution < -0.4 is 10.1 Å². The summed E-state index contributed by atoms with van der Waals surface area (Å²) in [5.74, 6) is 0.719. The van der Waals surface area contributed by atoms with Crippen LogP contribution in [0.4, 0.5) is 0 Å². The van der Waals surface area contributed by atoms with Crippen LogP contribution in [0.3, 0.4) is 0 Å². The number of nitrogens with one attached hydrogen (secondary N) is 1. The molecule has 1 aliphatic rings. The Labute approximate surface area is 186 Å². The minimum Gasteiger partial charge on any atom is -0.492 e. The van der Waals surface area contributed by atoms with Gasteiger partial charge < -0.3 is 14.8 Å². The second kappa shape index (κ2) is 10.5. The normalized spacial score (nSPS) is 14.4. The SMILES string of the molecule is Cc1nc(-c2ccccc2)sc1C(=O)NCc1cccc(OCCN2CCOCC2)c1. The maximum Gasteiger partial charge on any atom is 0.263 e. The van der Waals surface area contributed by atoms with E-state index in [0.29, 0.717) is 18.0 Å². The molecule has 31 heavy (non-hydrogen) atoms. The number of ether oxygens (including phenoxy) is 2. The number of rotatable bonds is 8. The van der Waals surface area contributed by atoms with Crippen molar-refractivity contribution in [2.24, 2.45) is 0 Å². The summed E-state index contributed by atoms with van der Waals surface area (Å²) in [6, 6.07) is 17.8. The summed E-state index contributed by atoms with van der Waals surface area (Å²) in [5.41, 5.74) is 2.78. The van der Waals surface area contributed by atoms with Gasteiger partial charge in [-0.15, -0.1) is 11.3 Å². The Hall–Kier alpha value is -2.74. The molecule has 0 saturated carbocycles. The lowest BCUT2D eigenvalue weighted by Gasteiger charge is -2.26. The van der Waals surface area contributed by atoms with E-state index in [1.54, 1.807) is 0 Å². The van der Waals surface area contributed by atoms with E-state index in [2.05, 4.69) is 15.2 Å². The van der Waals surface area contributed by atoms with Gasteiger partial charge >= 0.3 is 0 Å². The first-order valence-electron chi connectivity index (χ1n) is 10.5. The summed E-state index contributed by atoms with van der Waals surface area (Å²) in [6.07, 6.45) is 0. The van der Waals surface area contributed by atoms with E-state index in [1.165, 1.54) is 11.3 Å². The molecule has 162 valence electrons. The van der Waals surface area contributed by atoms with Gasteiger partial charge in [0.1, 0.15) is 22.2 Å². The smallest absolute Gasteiger partial charge is 0.263 e. The van der Waals surface area contributed by atoms with Crippen LogP contribution in [-0.2, 0) is 11.3 Å². The van der Waals surface area contributed by atoms with E-state index >= 15 is 0 Å². The van der Waals surface area contributed by atoms with Crippen LogP contribution in [0.5, 0.6) is 5.75 Å². The van der Waals surface area contributed by atoms with Gasteiger partial charge in [0.05, 0.1) is 18.9 Å².